The second kappa shape index (κ2) is 8.69. The van der Waals surface area contributed by atoms with Crippen LogP contribution in [0.2, 0.25) is 0 Å². The van der Waals surface area contributed by atoms with Crippen LogP contribution in [0, 0.1) is 5.82 Å². The van der Waals surface area contributed by atoms with Crippen molar-refractivity contribution in [2.24, 2.45) is 5.73 Å². The van der Waals surface area contributed by atoms with E-state index in [0.29, 0.717) is 16.6 Å². The van der Waals surface area contributed by atoms with E-state index in [0.717, 1.165) is 5.56 Å². The van der Waals surface area contributed by atoms with Crippen molar-refractivity contribution in [2.45, 2.75) is 32.4 Å². The lowest BCUT2D eigenvalue weighted by molar-refractivity contribution is -0.155. The number of hydrogen-bond donors (Lipinski definition) is 2. The number of aromatic nitrogens is 2. The lowest BCUT2D eigenvalue weighted by atomic mass is 10.00. The Hall–Kier alpha value is -3.52. The van der Waals surface area contributed by atoms with Crippen LogP contribution in [0.1, 0.15) is 42.4 Å². The molecular formula is C23H24FN3O4. The summed E-state index contributed by atoms with van der Waals surface area (Å²) >= 11 is 0. The normalized spacial score (nSPS) is 12.8. The first kappa shape index (κ1) is 22.2. The fourth-order valence-electron chi connectivity index (χ4n) is 3.02. The van der Waals surface area contributed by atoms with Gasteiger partial charge in [0.15, 0.2) is 11.8 Å². The number of ketones is 1. The Labute approximate surface area is 179 Å². The minimum absolute atomic E-state index is 0.145. The van der Waals surface area contributed by atoms with Crippen molar-refractivity contribution in [3.63, 3.8) is 0 Å². The van der Waals surface area contributed by atoms with Crippen LogP contribution in [0.4, 0.5) is 4.39 Å². The maximum absolute atomic E-state index is 13.1. The average Bonchev–Trinajstić information content (AvgIpc) is 3.13. The van der Waals surface area contributed by atoms with Crippen molar-refractivity contribution >= 4 is 34.8 Å². The molecule has 8 heteroatoms. The highest BCUT2D eigenvalue weighted by molar-refractivity contribution is 6.15. The zero-order valence-corrected chi connectivity index (χ0v) is 17.7. The largest absolute Gasteiger partial charge is 0.495 e. The molecule has 1 unspecified atom stereocenters. The topological polar surface area (TPSA) is 107 Å². The third-order valence-corrected chi connectivity index (χ3v) is 4.43. The Balaban J connectivity index is 1.98. The number of nitrogens with one attached hydrogen (secondary N) is 1. The summed E-state index contributed by atoms with van der Waals surface area (Å²) in [5.74, 6) is -1.52. The molecule has 0 saturated heterocycles. The number of nitrogens with two attached hydrogens (primary N) is 1. The predicted molar refractivity (Wildman–Crippen MR) is 116 cm³/mol. The van der Waals surface area contributed by atoms with Crippen LogP contribution < -0.4 is 10.5 Å². The first-order valence-electron chi connectivity index (χ1n) is 9.62. The molecule has 0 radical (unpaired) electrons. The molecule has 3 N–H and O–H groups in total. The number of benzene rings is 2. The molecule has 31 heavy (non-hydrogen) atoms. The van der Waals surface area contributed by atoms with Crippen molar-refractivity contribution < 1.29 is 23.5 Å². The van der Waals surface area contributed by atoms with Gasteiger partial charge in [0, 0.05) is 0 Å². The number of Topliss-reactive ketones (excluding diaryl/α,β-unsaturated/α-hetero) is 1. The van der Waals surface area contributed by atoms with Crippen LogP contribution in [-0.4, -0.2) is 40.7 Å². The van der Waals surface area contributed by atoms with E-state index in [1.54, 1.807) is 51.1 Å². The fraction of sp³-hybridized carbons (Fsp3) is 0.261. The van der Waals surface area contributed by atoms with Crippen LogP contribution in [0.25, 0.3) is 23.1 Å². The molecule has 0 spiro atoms. The summed E-state index contributed by atoms with van der Waals surface area (Å²) in [6.07, 6.45) is 3.48. The second-order valence-electron chi connectivity index (χ2n) is 7.94. The Morgan fingerprint density at radius 1 is 1.13 bits per heavy atom. The van der Waals surface area contributed by atoms with E-state index in [1.165, 1.54) is 25.3 Å². The molecule has 0 fully saturated rings. The van der Waals surface area contributed by atoms with Crippen LogP contribution >= 0.6 is 0 Å². The van der Waals surface area contributed by atoms with Crippen LogP contribution in [0.15, 0.2) is 36.4 Å². The zero-order valence-electron chi connectivity index (χ0n) is 17.7. The monoisotopic (exact) mass is 425 g/mol. The number of hydrogen-bond acceptors (Lipinski definition) is 6. The Morgan fingerprint density at radius 3 is 2.42 bits per heavy atom. The molecule has 1 heterocycles. The number of ether oxygens (including phenoxy) is 2. The van der Waals surface area contributed by atoms with E-state index >= 15 is 0 Å². The van der Waals surface area contributed by atoms with Gasteiger partial charge >= 0.3 is 5.97 Å². The summed E-state index contributed by atoms with van der Waals surface area (Å²) < 4.78 is 23.8. The number of fused-ring (bicyclic) bond motifs is 1. The Morgan fingerprint density at radius 2 is 1.81 bits per heavy atom. The highest BCUT2D eigenvalue weighted by atomic mass is 19.1. The minimum atomic E-state index is -1.49. The summed E-state index contributed by atoms with van der Waals surface area (Å²) in [5.41, 5.74) is 7.17. The number of halogens is 1. The van der Waals surface area contributed by atoms with E-state index in [9.17, 15) is 14.0 Å². The third-order valence-electron chi connectivity index (χ3n) is 4.43. The number of methoxy groups -OCH3 is 1. The maximum Gasteiger partial charge on any atom is 0.331 e. The maximum atomic E-state index is 13.1. The smallest absolute Gasteiger partial charge is 0.331 e. The standard InChI is InChI=1S/C23H24FN3O4/c1-23(2,3)31-22(29)19(25)20(28)15-10-12-17-18(21(15)30-4)16(26-27-17)11-7-13-5-8-14(24)9-6-13/h5-12,19H,25H2,1-4H3,(H,26,27). The van der Waals surface area contributed by atoms with Gasteiger partial charge in [0.25, 0.3) is 0 Å². The molecule has 1 aromatic heterocycles. The van der Waals surface area contributed by atoms with E-state index in [4.69, 9.17) is 15.2 Å². The van der Waals surface area contributed by atoms with Crippen LogP contribution in [0.5, 0.6) is 5.75 Å². The molecule has 0 saturated carbocycles. The summed E-state index contributed by atoms with van der Waals surface area (Å²) in [6, 6.07) is 7.68. The van der Waals surface area contributed by atoms with Gasteiger partial charge in [-0.1, -0.05) is 18.2 Å². The number of rotatable bonds is 6. The molecule has 3 rings (SSSR count). The highest BCUT2D eigenvalue weighted by Crippen LogP contribution is 2.33. The number of H-pyrrole nitrogens is 1. The van der Waals surface area contributed by atoms with Gasteiger partial charge in [-0.05, 0) is 56.7 Å². The van der Waals surface area contributed by atoms with Crippen LogP contribution in [-0.2, 0) is 9.53 Å². The van der Waals surface area contributed by atoms with Gasteiger partial charge in [-0.25, -0.2) is 9.18 Å². The molecule has 2 aromatic carbocycles. The quantitative estimate of drug-likeness (QED) is 0.354. The molecule has 162 valence electrons. The van der Waals surface area contributed by atoms with Crippen molar-refractivity contribution in [1.29, 1.82) is 0 Å². The van der Waals surface area contributed by atoms with E-state index < -0.39 is 23.4 Å². The predicted octanol–water partition coefficient (Wildman–Crippen LogP) is 3.73. The SMILES string of the molecule is COc1c(C(=O)C(N)C(=O)OC(C)(C)C)ccc2[nH]nc(C=Cc3ccc(F)cc3)c12. The van der Waals surface area contributed by atoms with Gasteiger partial charge in [-0.2, -0.15) is 5.10 Å². The van der Waals surface area contributed by atoms with Gasteiger partial charge in [0.1, 0.15) is 17.2 Å². The van der Waals surface area contributed by atoms with Gasteiger partial charge in [-0.3, -0.25) is 9.89 Å². The number of carbonyl (C=O) groups excluding carboxylic acids is 2. The van der Waals surface area contributed by atoms with Gasteiger partial charge in [0.05, 0.1) is 29.3 Å². The lowest BCUT2D eigenvalue weighted by Crippen LogP contribution is -2.43. The number of carbonyl (C=O) groups is 2. The number of aromatic amines is 1. The summed E-state index contributed by atoms with van der Waals surface area (Å²) in [4.78, 5) is 25.2. The number of nitrogens with zero attached hydrogens (tertiary/aromatic N) is 1. The third kappa shape index (κ3) is 4.97. The molecule has 1 atom stereocenters. The summed E-state index contributed by atoms with van der Waals surface area (Å²) in [7, 11) is 1.42. The first-order chi connectivity index (χ1) is 14.6. The van der Waals surface area contributed by atoms with Gasteiger partial charge in [-0.15, -0.1) is 0 Å². The van der Waals surface area contributed by atoms with Gasteiger partial charge < -0.3 is 15.2 Å². The Bertz CT molecular complexity index is 1140. The molecule has 0 bridgehead atoms. The zero-order chi connectivity index (χ0) is 22.8. The fourth-order valence-corrected chi connectivity index (χ4v) is 3.02. The van der Waals surface area contributed by atoms with Gasteiger partial charge in [0.2, 0.25) is 0 Å². The van der Waals surface area contributed by atoms with Crippen molar-refractivity contribution in [3.05, 3.63) is 59.0 Å². The first-order valence-corrected chi connectivity index (χ1v) is 9.62. The molecule has 0 amide bonds. The summed E-state index contributed by atoms with van der Waals surface area (Å²) in [5, 5.41) is 7.71. The molecule has 3 aromatic rings. The molecular weight excluding hydrogens is 401 g/mol. The van der Waals surface area contributed by atoms with Crippen molar-refractivity contribution in [1.82, 2.24) is 10.2 Å². The molecule has 0 aliphatic heterocycles. The molecule has 7 nitrogen and oxygen atoms in total. The molecule has 0 aliphatic rings. The number of esters is 1. The van der Waals surface area contributed by atoms with E-state index in [1.807, 2.05) is 0 Å². The summed E-state index contributed by atoms with van der Waals surface area (Å²) in [6.45, 7) is 5.08. The lowest BCUT2D eigenvalue weighted by Gasteiger charge is -2.22. The highest BCUT2D eigenvalue weighted by Gasteiger charge is 2.31. The molecule has 0 aliphatic carbocycles. The van der Waals surface area contributed by atoms with E-state index in [-0.39, 0.29) is 17.1 Å². The minimum Gasteiger partial charge on any atom is -0.495 e. The Kier molecular flexibility index (Phi) is 6.21. The second-order valence-corrected chi connectivity index (χ2v) is 7.94. The van der Waals surface area contributed by atoms with Crippen molar-refractivity contribution in [3.8, 4) is 5.75 Å². The van der Waals surface area contributed by atoms with Crippen molar-refractivity contribution in [2.75, 3.05) is 7.11 Å². The van der Waals surface area contributed by atoms with E-state index in [2.05, 4.69) is 10.2 Å². The van der Waals surface area contributed by atoms with Crippen LogP contribution in [0.3, 0.4) is 0 Å². The average molecular weight is 425 g/mol.